The number of piperazine rings is 1. The molecule has 1 aromatic carbocycles. The molecule has 14 heteroatoms. The highest BCUT2D eigenvalue weighted by atomic mass is 31.2. The third-order valence-corrected chi connectivity index (χ3v) is 10.8. The van der Waals surface area contributed by atoms with Crippen molar-refractivity contribution in [1.82, 2.24) is 20.1 Å². The maximum absolute atomic E-state index is 14.0. The van der Waals surface area contributed by atoms with Gasteiger partial charge in [0.1, 0.15) is 18.0 Å². The standard InChI is InChI=1S/C35H52N5O8P/c1-5-8-23-46-35(43)39-21-19-38(20-22-39)34(42)29(16-13-24-49(44,47-6-2)48-7-3)37-33(41)31-26-28(40-18-12-17-32(40)45-4)25-30(36-31)27-14-10-9-11-15-27/h9-11,14-15,25-26,29,32H,5-8,12-13,16-24H2,1-4H3,(H,37,41)/t29-,32+/m1/s1. The number of ether oxygens (including phenoxy) is 2. The summed E-state index contributed by atoms with van der Waals surface area (Å²) in [5, 5.41) is 2.95. The topological polar surface area (TPSA) is 140 Å². The number of carbonyl (C=O) groups excluding carboxylic acids is 3. The molecule has 49 heavy (non-hydrogen) atoms. The van der Waals surface area contributed by atoms with Gasteiger partial charge in [-0.25, -0.2) is 9.78 Å². The van der Waals surface area contributed by atoms with Crippen LogP contribution in [0.25, 0.3) is 11.3 Å². The van der Waals surface area contributed by atoms with Gasteiger partial charge in [-0.3, -0.25) is 14.2 Å². The van der Waals surface area contributed by atoms with E-state index in [1.54, 1.807) is 36.8 Å². The molecule has 2 atom stereocenters. The number of pyridine rings is 1. The van der Waals surface area contributed by atoms with Crippen LogP contribution in [0.3, 0.4) is 0 Å². The second kappa shape index (κ2) is 19.0. The number of methoxy groups -OCH3 is 1. The lowest BCUT2D eigenvalue weighted by Gasteiger charge is -2.36. The molecule has 3 heterocycles. The van der Waals surface area contributed by atoms with E-state index in [-0.39, 0.29) is 49.7 Å². The van der Waals surface area contributed by atoms with Crippen molar-refractivity contribution in [3.63, 3.8) is 0 Å². The van der Waals surface area contributed by atoms with Gasteiger partial charge in [0.05, 0.1) is 31.7 Å². The summed E-state index contributed by atoms with van der Waals surface area (Å²) >= 11 is 0. The number of nitrogens with zero attached hydrogens (tertiary/aromatic N) is 4. The van der Waals surface area contributed by atoms with Gasteiger partial charge in [0, 0.05) is 51.1 Å². The van der Waals surface area contributed by atoms with Gasteiger partial charge in [-0.05, 0) is 58.1 Å². The molecule has 270 valence electrons. The van der Waals surface area contributed by atoms with E-state index in [0.717, 1.165) is 43.5 Å². The Balaban J connectivity index is 1.55. The summed E-state index contributed by atoms with van der Waals surface area (Å²) in [6.45, 7) is 8.36. The van der Waals surface area contributed by atoms with Crippen LogP contribution in [0.5, 0.6) is 0 Å². The number of unbranched alkanes of at least 4 members (excludes halogenated alkanes) is 1. The Labute approximate surface area is 290 Å². The van der Waals surface area contributed by atoms with E-state index < -0.39 is 19.5 Å². The van der Waals surface area contributed by atoms with Crippen molar-refractivity contribution in [2.45, 2.75) is 71.6 Å². The third kappa shape index (κ3) is 10.7. The first-order chi connectivity index (χ1) is 23.7. The van der Waals surface area contributed by atoms with Crippen molar-refractivity contribution < 1.29 is 37.5 Å². The van der Waals surface area contributed by atoms with E-state index in [1.165, 1.54) is 0 Å². The van der Waals surface area contributed by atoms with Crippen LogP contribution in [0.15, 0.2) is 42.5 Å². The number of anilines is 1. The smallest absolute Gasteiger partial charge is 0.409 e. The van der Waals surface area contributed by atoms with Crippen molar-refractivity contribution in [2.24, 2.45) is 0 Å². The normalized spacial score (nSPS) is 17.2. The molecular weight excluding hydrogens is 649 g/mol. The number of hydrogen-bond donors (Lipinski definition) is 1. The van der Waals surface area contributed by atoms with Crippen molar-refractivity contribution in [3.05, 3.63) is 48.2 Å². The molecule has 2 aromatic rings. The van der Waals surface area contributed by atoms with Crippen molar-refractivity contribution in [2.75, 3.05) is 70.7 Å². The summed E-state index contributed by atoms with van der Waals surface area (Å²) in [6.07, 6.45) is 3.65. The molecule has 3 amide bonds. The highest BCUT2D eigenvalue weighted by molar-refractivity contribution is 7.53. The molecule has 2 fully saturated rings. The summed E-state index contributed by atoms with van der Waals surface area (Å²) in [5.41, 5.74) is 2.46. The fourth-order valence-electron chi connectivity index (χ4n) is 6.09. The Morgan fingerprint density at radius 3 is 2.31 bits per heavy atom. The number of hydrogen-bond acceptors (Lipinski definition) is 10. The Morgan fingerprint density at radius 2 is 1.65 bits per heavy atom. The minimum absolute atomic E-state index is 0.102. The van der Waals surface area contributed by atoms with Crippen LogP contribution < -0.4 is 10.2 Å². The Kier molecular flexibility index (Phi) is 14.9. The third-order valence-electron chi connectivity index (χ3n) is 8.67. The van der Waals surface area contributed by atoms with E-state index >= 15 is 0 Å². The SMILES string of the molecule is CCCCOC(=O)N1CCN(C(=O)[C@@H](CCCP(=O)(OCC)OCC)NC(=O)c2cc(N3CCC[C@@H]3OC)cc(-c3ccccc3)n2)CC1. The van der Waals surface area contributed by atoms with E-state index in [9.17, 15) is 18.9 Å². The summed E-state index contributed by atoms with van der Waals surface area (Å²) in [6, 6.07) is 12.4. The van der Waals surface area contributed by atoms with Crippen LogP contribution in [0.2, 0.25) is 0 Å². The zero-order valence-electron chi connectivity index (χ0n) is 29.3. The van der Waals surface area contributed by atoms with Crippen LogP contribution in [0.4, 0.5) is 10.5 Å². The van der Waals surface area contributed by atoms with Gasteiger partial charge in [-0.15, -0.1) is 0 Å². The quantitative estimate of drug-likeness (QED) is 0.165. The van der Waals surface area contributed by atoms with E-state index in [2.05, 4.69) is 10.2 Å². The van der Waals surface area contributed by atoms with Crippen LogP contribution in [-0.4, -0.2) is 111 Å². The average Bonchev–Trinajstić information content (AvgIpc) is 3.61. The number of carbonyl (C=O) groups is 3. The van der Waals surface area contributed by atoms with Gasteiger partial charge in [-0.2, -0.15) is 0 Å². The molecule has 0 spiro atoms. The number of rotatable bonds is 17. The Morgan fingerprint density at radius 1 is 0.959 bits per heavy atom. The number of nitrogens with one attached hydrogen (secondary N) is 1. The Bertz CT molecular complexity index is 1410. The molecule has 2 saturated heterocycles. The lowest BCUT2D eigenvalue weighted by Crippen LogP contribution is -2.56. The predicted octanol–water partition coefficient (Wildman–Crippen LogP) is 5.55. The summed E-state index contributed by atoms with van der Waals surface area (Å²) < 4.78 is 35.2. The first-order valence-corrected chi connectivity index (χ1v) is 19.2. The van der Waals surface area contributed by atoms with Gasteiger partial charge in [0.2, 0.25) is 5.91 Å². The fraction of sp³-hybridized carbons (Fsp3) is 0.600. The van der Waals surface area contributed by atoms with Crippen molar-refractivity contribution in [3.8, 4) is 11.3 Å². The maximum atomic E-state index is 14.0. The maximum Gasteiger partial charge on any atom is 0.409 e. The summed E-state index contributed by atoms with van der Waals surface area (Å²) in [5.74, 6) is -0.782. The first-order valence-electron chi connectivity index (χ1n) is 17.5. The number of benzene rings is 1. The van der Waals surface area contributed by atoms with Gasteiger partial charge in [-0.1, -0.05) is 43.7 Å². The van der Waals surface area contributed by atoms with Gasteiger partial charge in [0.25, 0.3) is 5.91 Å². The number of amides is 3. The molecular formula is C35H52N5O8P. The number of aromatic nitrogens is 1. The monoisotopic (exact) mass is 701 g/mol. The highest BCUT2D eigenvalue weighted by Crippen LogP contribution is 2.48. The van der Waals surface area contributed by atoms with E-state index in [1.807, 2.05) is 43.3 Å². The fourth-order valence-corrected chi connectivity index (χ4v) is 7.78. The second-order valence-electron chi connectivity index (χ2n) is 12.1. The zero-order chi connectivity index (χ0) is 35.2. The minimum Gasteiger partial charge on any atom is -0.449 e. The average molecular weight is 702 g/mol. The van der Waals surface area contributed by atoms with Crippen LogP contribution in [0.1, 0.15) is 69.8 Å². The van der Waals surface area contributed by atoms with Crippen molar-refractivity contribution >= 4 is 31.2 Å². The van der Waals surface area contributed by atoms with Crippen LogP contribution in [-0.2, 0) is 27.9 Å². The molecule has 0 bridgehead atoms. The molecule has 1 aromatic heterocycles. The molecule has 0 saturated carbocycles. The molecule has 4 rings (SSSR count). The van der Waals surface area contributed by atoms with Gasteiger partial charge in [0.15, 0.2) is 0 Å². The Hall–Kier alpha value is -3.51. The molecule has 0 radical (unpaired) electrons. The lowest BCUT2D eigenvalue weighted by molar-refractivity contribution is -0.135. The molecule has 0 aliphatic carbocycles. The van der Waals surface area contributed by atoms with E-state index in [0.29, 0.717) is 44.9 Å². The largest absolute Gasteiger partial charge is 0.449 e. The molecule has 13 nitrogen and oxygen atoms in total. The van der Waals surface area contributed by atoms with Crippen molar-refractivity contribution in [1.29, 1.82) is 0 Å². The molecule has 2 aliphatic rings. The second-order valence-corrected chi connectivity index (χ2v) is 14.3. The molecule has 0 unspecified atom stereocenters. The van der Waals surface area contributed by atoms with Crippen LogP contribution >= 0.6 is 7.60 Å². The molecule has 1 N–H and O–H groups in total. The predicted molar refractivity (Wildman–Crippen MR) is 188 cm³/mol. The summed E-state index contributed by atoms with van der Waals surface area (Å²) in [7, 11) is -1.68. The summed E-state index contributed by atoms with van der Waals surface area (Å²) in [4.78, 5) is 50.6. The first kappa shape index (κ1) is 38.3. The highest BCUT2D eigenvalue weighted by Gasteiger charge is 2.33. The van der Waals surface area contributed by atoms with Gasteiger partial charge < -0.3 is 38.5 Å². The molecule has 2 aliphatic heterocycles. The van der Waals surface area contributed by atoms with Gasteiger partial charge >= 0.3 is 13.7 Å². The lowest BCUT2D eigenvalue weighted by atomic mass is 10.1. The van der Waals surface area contributed by atoms with Crippen LogP contribution in [0, 0.1) is 0 Å². The minimum atomic E-state index is -3.36. The van der Waals surface area contributed by atoms with E-state index in [4.69, 9.17) is 23.5 Å². The zero-order valence-corrected chi connectivity index (χ0v) is 30.2.